The molecule has 0 saturated carbocycles. The number of para-hydroxylation sites is 1. The van der Waals surface area contributed by atoms with Gasteiger partial charge in [0.2, 0.25) is 6.29 Å². The molecule has 8 aromatic rings. The number of nitrogens with zero attached hydrogens (tertiary/aromatic N) is 3. The molecule has 3 heterocycles. The number of hydrogen-bond donors (Lipinski definition) is 1. The van der Waals surface area contributed by atoms with Crippen LogP contribution in [-0.2, 0) is 0 Å². The highest BCUT2D eigenvalue weighted by Crippen LogP contribution is 2.40. The summed E-state index contributed by atoms with van der Waals surface area (Å²) in [6.07, 6.45) is 17.2. The maximum absolute atomic E-state index is 14.4. The number of hydrogen-bond acceptors (Lipinski definition) is 3. The summed E-state index contributed by atoms with van der Waals surface area (Å²) < 4.78 is 16.7. The molecule has 0 spiro atoms. The third-order valence-corrected chi connectivity index (χ3v) is 11.2. The normalized spacial score (nSPS) is 16.7. The zero-order valence-electron chi connectivity index (χ0n) is 31.2. The molecule has 272 valence electrons. The Kier molecular flexibility index (Phi) is 8.15. The summed E-state index contributed by atoms with van der Waals surface area (Å²) in [5.41, 5.74) is 10.3. The topological polar surface area (TPSA) is 32.6 Å². The van der Waals surface area contributed by atoms with E-state index in [4.69, 9.17) is 4.99 Å². The van der Waals surface area contributed by atoms with Gasteiger partial charge in [-0.15, -0.1) is 0 Å². The fourth-order valence-electron chi connectivity index (χ4n) is 8.53. The molecule has 0 aliphatic carbocycles. The van der Waals surface area contributed by atoms with Crippen LogP contribution in [0, 0.1) is 5.82 Å². The van der Waals surface area contributed by atoms with Gasteiger partial charge in [0.1, 0.15) is 5.82 Å². The van der Waals surface area contributed by atoms with E-state index in [0.717, 1.165) is 99.0 Å². The van der Waals surface area contributed by atoms with Gasteiger partial charge in [-0.1, -0.05) is 111 Å². The van der Waals surface area contributed by atoms with Gasteiger partial charge in [0.05, 0.1) is 16.7 Å². The number of anilines is 1. The molecule has 0 amide bonds. The smallest absolute Gasteiger partial charge is 0.200 e. The van der Waals surface area contributed by atoms with E-state index in [9.17, 15) is 4.39 Å². The van der Waals surface area contributed by atoms with Gasteiger partial charge in [0.15, 0.2) is 0 Å². The van der Waals surface area contributed by atoms with E-state index in [-0.39, 0.29) is 12.1 Å². The Morgan fingerprint density at radius 2 is 1.33 bits per heavy atom. The maximum atomic E-state index is 14.4. The third kappa shape index (κ3) is 5.63. The van der Waals surface area contributed by atoms with Crippen LogP contribution in [0.4, 0.5) is 10.1 Å². The van der Waals surface area contributed by atoms with Crippen LogP contribution in [0.2, 0.25) is 0 Å². The van der Waals surface area contributed by atoms with Gasteiger partial charge in [-0.05, 0) is 127 Å². The number of halogens is 1. The number of aliphatic imine (C=N–C) groups is 1. The monoisotopic (exact) mass is 736 g/mol. The summed E-state index contributed by atoms with van der Waals surface area (Å²) in [4.78, 5) is 7.09. The second-order valence-electron chi connectivity index (χ2n) is 14.4. The van der Waals surface area contributed by atoms with Crippen molar-refractivity contribution in [3.8, 4) is 11.1 Å². The molecular formula is C52H37FN4. The number of aromatic nitrogens is 1. The summed E-state index contributed by atoms with van der Waals surface area (Å²) >= 11 is 0. The quantitative estimate of drug-likeness (QED) is 0.136. The Morgan fingerprint density at radius 1 is 0.667 bits per heavy atom. The van der Waals surface area contributed by atoms with Crippen LogP contribution in [0.15, 0.2) is 200 Å². The molecule has 1 unspecified atom stereocenters. The van der Waals surface area contributed by atoms with E-state index in [2.05, 4.69) is 126 Å². The predicted octanol–water partition coefficient (Wildman–Crippen LogP) is 13.4. The number of nitrogens with one attached hydrogen (secondary N) is 1. The van der Waals surface area contributed by atoms with Gasteiger partial charge in [-0.2, -0.15) is 0 Å². The number of fused-ring (bicyclic) bond motifs is 10. The molecule has 57 heavy (non-hydrogen) atoms. The molecule has 10 rings (SSSR count). The van der Waals surface area contributed by atoms with Gasteiger partial charge < -0.3 is 14.8 Å². The number of benzene rings is 7. The van der Waals surface area contributed by atoms with Crippen molar-refractivity contribution in [3.05, 3.63) is 212 Å². The lowest BCUT2D eigenvalue weighted by Crippen LogP contribution is -2.26. The van der Waals surface area contributed by atoms with Crippen molar-refractivity contribution in [1.82, 2.24) is 9.88 Å². The summed E-state index contributed by atoms with van der Waals surface area (Å²) in [7, 11) is 0. The van der Waals surface area contributed by atoms with Crippen LogP contribution in [-0.4, -0.2) is 10.8 Å². The highest BCUT2D eigenvalue weighted by atomic mass is 19.1. The molecule has 7 aromatic carbocycles. The fourth-order valence-corrected chi connectivity index (χ4v) is 8.53. The minimum absolute atomic E-state index is 0.232. The lowest BCUT2D eigenvalue weighted by Gasteiger charge is -2.26. The SMILES string of the molecule is C=C/C=C(\C=C)N1/C=C\C=C/C(=C)c2cc(-c3ccc4c(c3)c3ccccc3n4C3N=CC=C(c4ccc5c6ccc(F)cc6c6ccccc6c5c4)N3)ccc21. The lowest BCUT2D eigenvalue weighted by molar-refractivity contribution is 0.510. The van der Waals surface area contributed by atoms with E-state index < -0.39 is 0 Å². The summed E-state index contributed by atoms with van der Waals surface area (Å²) in [6.45, 7) is 12.4. The summed E-state index contributed by atoms with van der Waals surface area (Å²) in [5.74, 6) is -0.232. The molecule has 1 N–H and O–H groups in total. The van der Waals surface area contributed by atoms with Crippen molar-refractivity contribution in [2.75, 3.05) is 4.90 Å². The molecule has 1 atom stereocenters. The number of rotatable bonds is 6. The van der Waals surface area contributed by atoms with E-state index in [0.29, 0.717) is 0 Å². The van der Waals surface area contributed by atoms with Crippen molar-refractivity contribution in [1.29, 1.82) is 0 Å². The minimum Gasteiger partial charge on any atom is -0.346 e. The fraction of sp³-hybridized carbons (Fsp3) is 0.0192. The van der Waals surface area contributed by atoms with E-state index in [1.165, 1.54) is 0 Å². The van der Waals surface area contributed by atoms with Crippen molar-refractivity contribution in [2.45, 2.75) is 6.29 Å². The highest BCUT2D eigenvalue weighted by molar-refractivity contribution is 6.25. The van der Waals surface area contributed by atoms with Crippen LogP contribution in [0.25, 0.3) is 76.5 Å². The average molecular weight is 737 g/mol. The Morgan fingerprint density at radius 3 is 2.14 bits per heavy atom. The van der Waals surface area contributed by atoms with Crippen LogP contribution in [0.1, 0.15) is 17.4 Å². The Hall–Kier alpha value is -7.50. The largest absolute Gasteiger partial charge is 0.346 e. The van der Waals surface area contributed by atoms with E-state index >= 15 is 0 Å². The van der Waals surface area contributed by atoms with Crippen LogP contribution in [0.3, 0.4) is 0 Å². The van der Waals surface area contributed by atoms with Crippen LogP contribution >= 0.6 is 0 Å². The molecule has 0 fully saturated rings. The van der Waals surface area contributed by atoms with Crippen molar-refractivity contribution in [2.24, 2.45) is 4.99 Å². The second kappa shape index (κ2) is 13.7. The van der Waals surface area contributed by atoms with Crippen LogP contribution < -0.4 is 10.2 Å². The molecule has 0 radical (unpaired) electrons. The van der Waals surface area contributed by atoms with Gasteiger partial charge in [-0.3, -0.25) is 0 Å². The molecule has 4 nitrogen and oxygen atoms in total. The third-order valence-electron chi connectivity index (χ3n) is 11.2. The molecule has 2 aliphatic rings. The standard InChI is InChI=1S/C52H37FN4/c1-4-12-38(5-2)56-28-11-10-13-33(3)44-29-34(19-24-49(44)56)35-20-25-51-47(30-35)43-16-8-9-17-50(43)57(51)52-54-27-26-48(55-52)36-18-22-41-42-23-21-37(53)32-46(42)40-15-7-6-14-39(40)45(41)31-36/h4-32,52,55H,1-3H2/b13-10-,28-11-,38-12+. The van der Waals surface area contributed by atoms with Gasteiger partial charge >= 0.3 is 0 Å². The Bertz CT molecular complexity index is 3170. The van der Waals surface area contributed by atoms with Crippen molar-refractivity contribution >= 4 is 77.3 Å². The van der Waals surface area contributed by atoms with Gasteiger partial charge in [-0.25, -0.2) is 9.38 Å². The lowest BCUT2D eigenvalue weighted by atomic mass is 9.92. The molecule has 1 aromatic heterocycles. The van der Waals surface area contributed by atoms with Crippen LogP contribution in [0.5, 0.6) is 0 Å². The zero-order valence-corrected chi connectivity index (χ0v) is 31.2. The predicted molar refractivity (Wildman–Crippen MR) is 241 cm³/mol. The second-order valence-corrected chi connectivity index (χ2v) is 14.4. The first-order valence-electron chi connectivity index (χ1n) is 19.0. The maximum Gasteiger partial charge on any atom is 0.200 e. The average Bonchev–Trinajstić information content (AvgIpc) is 3.58. The van der Waals surface area contributed by atoms with Gasteiger partial charge in [0.25, 0.3) is 0 Å². The zero-order chi connectivity index (χ0) is 38.6. The van der Waals surface area contributed by atoms with E-state index in [1.54, 1.807) is 18.2 Å². The minimum atomic E-state index is -0.376. The molecule has 0 bridgehead atoms. The van der Waals surface area contributed by atoms with E-state index in [1.807, 2.05) is 67.1 Å². The summed E-state index contributed by atoms with van der Waals surface area (Å²) in [6, 6.07) is 41.6. The molecule has 2 aliphatic heterocycles. The highest BCUT2D eigenvalue weighted by Gasteiger charge is 2.22. The molecular weight excluding hydrogens is 700 g/mol. The molecule has 5 heteroatoms. The first-order valence-corrected chi connectivity index (χ1v) is 19.0. The summed E-state index contributed by atoms with van der Waals surface area (Å²) in [5, 5.41) is 12.4. The Labute approximate surface area is 330 Å². The van der Waals surface area contributed by atoms with Gasteiger partial charge in [0, 0.05) is 40.1 Å². The first kappa shape index (κ1) is 34.0. The molecule has 0 saturated heterocycles. The first-order chi connectivity index (χ1) is 28.0. The van der Waals surface area contributed by atoms with Crippen molar-refractivity contribution < 1.29 is 4.39 Å². The Balaban J connectivity index is 1.04. The van der Waals surface area contributed by atoms with Crippen molar-refractivity contribution in [3.63, 3.8) is 0 Å². The number of allylic oxidation sites excluding steroid dienone is 8.